The average Bonchev–Trinajstić information content (AvgIpc) is 3.36. The Bertz CT molecular complexity index is 1840. The minimum Gasteiger partial charge on any atom is -0.462 e. The molecule has 5 bridgehead atoms. The van der Waals surface area contributed by atoms with Crippen LogP contribution in [-0.4, -0.2) is 82.7 Å². The highest BCUT2D eigenvalue weighted by Crippen LogP contribution is 2.48. The zero-order valence-corrected chi connectivity index (χ0v) is 31.5. The highest BCUT2D eigenvalue weighted by molar-refractivity contribution is 6.31. The predicted molar refractivity (Wildman–Crippen MR) is 189 cm³/mol. The Morgan fingerprint density at radius 3 is 2.15 bits per heavy atom. The normalized spacial score (nSPS) is 33.1. The zero-order valence-electron chi connectivity index (χ0n) is 31.5. The van der Waals surface area contributed by atoms with Crippen LogP contribution in [0.5, 0.6) is 11.5 Å². The third-order valence-corrected chi connectivity index (χ3v) is 10.0. The monoisotopic (exact) mass is 737 g/mol. The van der Waals surface area contributed by atoms with Crippen LogP contribution in [0.4, 0.5) is 0 Å². The number of carbonyl (C=O) groups is 6. The molecule has 9 unspecified atom stereocenters. The molecule has 1 aliphatic carbocycles. The molecule has 1 aromatic rings. The quantitative estimate of drug-likeness (QED) is 0.299. The molecule has 286 valence electrons. The van der Waals surface area contributed by atoms with Crippen molar-refractivity contribution in [1.29, 1.82) is 0 Å². The Morgan fingerprint density at radius 1 is 0.887 bits per heavy atom. The van der Waals surface area contributed by atoms with E-state index in [9.17, 15) is 39.0 Å². The second kappa shape index (κ2) is 16.0. The SMILES string of the molecule is COC1/C=C/OC2(C)Oc3c(C)c(OC(C)=O)c4c(c3C2=O)C(=O)C=C(NC(=O)/C(C)=C\C=C\C(C)C(O)C(C)C(O)C(C)C(OC(C)=O)C1C)C4=O. The van der Waals surface area contributed by atoms with Crippen molar-refractivity contribution >= 4 is 35.2 Å². The third kappa shape index (κ3) is 8.04. The van der Waals surface area contributed by atoms with Gasteiger partial charge in [-0.2, -0.15) is 0 Å². The number of amides is 1. The standard InChI is InChI=1S/C39H47NO13/c1-17-12-11-13-18(2)38(48)40-25-16-26(43)28-29(33(25)46)35(52-24(8)42)22(6)36-30(28)37(47)39(9,53-36)50-15-14-27(49-10)19(3)34(51-23(7)41)21(5)32(45)20(4)31(17)44/h11-17,19-21,27,31-32,34,44-45H,1-10H3,(H,40,48)/b12-11+,15-14+,18-13-. The fourth-order valence-corrected chi connectivity index (χ4v) is 6.88. The number of aliphatic hydroxyl groups is 2. The van der Waals surface area contributed by atoms with E-state index < -0.39 is 100 Å². The van der Waals surface area contributed by atoms with E-state index in [1.165, 1.54) is 53.0 Å². The van der Waals surface area contributed by atoms with Crippen LogP contribution in [0.3, 0.4) is 0 Å². The van der Waals surface area contributed by atoms with Crippen molar-refractivity contribution < 1.29 is 62.7 Å². The van der Waals surface area contributed by atoms with Gasteiger partial charge in [0.15, 0.2) is 5.78 Å². The second-order valence-corrected chi connectivity index (χ2v) is 14.0. The molecular formula is C39H47NO13. The topological polar surface area (TPSA) is 201 Å². The lowest BCUT2D eigenvalue weighted by Crippen LogP contribution is -2.46. The van der Waals surface area contributed by atoms with E-state index in [-0.39, 0.29) is 33.8 Å². The van der Waals surface area contributed by atoms with Crippen molar-refractivity contribution in [2.45, 2.75) is 92.5 Å². The summed E-state index contributed by atoms with van der Waals surface area (Å²) in [6.07, 6.45) is 4.21. The van der Waals surface area contributed by atoms with E-state index in [1.807, 2.05) is 0 Å². The molecular weight excluding hydrogens is 690 g/mol. The fraction of sp³-hybridized carbons (Fsp3) is 0.487. The molecule has 1 aromatic carbocycles. The third-order valence-electron chi connectivity index (χ3n) is 10.0. The number of carbonyl (C=O) groups excluding carboxylic acids is 6. The molecule has 3 aliphatic heterocycles. The molecule has 3 heterocycles. The van der Waals surface area contributed by atoms with Crippen LogP contribution in [0.1, 0.15) is 92.0 Å². The highest BCUT2D eigenvalue weighted by Gasteiger charge is 2.52. The van der Waals surface area contributed by atoms with E-state index in [1.54, 1.807) is 33.8 Å². The first-order valence-electron chi connectivity index (χ1n) is 17.3. The number of ether oxygens (including phenoxy) is 5. The van der Waals surface area contributed by atoms with Gasteiger partial charge in [-0.3, -0.25) is 28.8 Å². The van der Waals surface area contributed by atoms with E-state index in [2.05, 4.69) is 5.32 Å². The van der Waals surface area contributed by atoms with Crippen LogP contribution < -0.4 is 14.8 Å². The molecule has 0 saturated carbocycles. The average molecular weight is 738 g/mol. The zero-order chi connectivity index (χ0) is 39.7. The fourth-order valence-electron chi connectivity index (χ4n) is 6.88. The lowest BCUT2D eigenvalue weighted by Gasteiger charge is -2.38. The van der Waals surface area contributed by atoms with Gasteiger partial charge in [0, 0.05) is 68.8 Å². The van der Waals surface area contributed by atoms with Gasteiger partial charge in [-0.25, -0.2) is 0 Å². The number of rotatable bonds is 3. The first-order valence-corrected chi connectivity index (χ1v) is 17.3. The maximum Gasteiger partial charge on any atom is 0.312 e. The lowest BCUT2D eigenvalue weighted by molar-refractivity contribution is -0.160. The van der Waals surface area contributed by atoms with Crippen molar-refractivity contribution in [3.63, 3.8) is 0 Å². The number of Topliss-reactive ketones (excluding diaryl/α,β-unsaturated/α-hetero) is 2. The maximum atomic E-state index is 14.1. The van der Waals surface area contributed by atoms with Gasteiger partial charge < -0.3 is 39.2 Å². The van der Waals surface area contributed by atoms with E-state index in [0.717, 1.165) is 19.3 Å². The van der Waals surface area contributed by atoms with E-state index >= 15 is 0 Å². The molecule has 14 nitrogen and oxygen atoms in total. The van der Waals surface area contributed by atoms with Gasteiger partial charge in [0.25, 0.3) is 11.7 Å². The van der Waals surface area contributed by atoms with Gasteiger partial charge in [-0.15, -0.1) is 0 Å². The summed E-state index contributed by atoms with van der Waals surface area (Å²) in [6.45, 7) is 13.4. The Morgan fingerprint density at radius 2 is 1.55 bits per heavy atom. The Labute approximate surface area is 307 Å². The first-order chi connectivity index (χ1) is 24.7. The number of nitrogens with one attached hydrogen (secondary N) is 1. The molecule has 5 rings (SSSR count). The molecule has 53 heavy (non-hydrogen) atoms. The first kappa shape index (κ1) is 40.8. The smallest absolute Gasteiger partial charge is 0.312 e. The number of fused-ring (bicyclic) bond motifs is 14. The second-order valence-electron chi connectivity index (χ2n) is 14.0. The maximum absolute atomic E-state index is 14.1. The molecule has 0 spiro atoms. The molecule has 4 aliphatic rings. The number of hydrogen-bond donors (Lipinski definition) is 3. The van der Waals surface area contributed by atoms with Crippen LogP contribution in [0.15, 0.2) is 47.9 Å². The summed E-state index contributed by atoms with van der Waals surface area (Å²) in [5.74, 6) is -9.71. The van der Waals surface area contributed by atoms with Crippen LogP contribution >= 0.6 is 0 Å². The molecule has 9 atom stereocenters. The molecule has 0 aromatic heterocycles. The number of methoxy groups -OCH3 is 1. The highest BCUT2D eigenvalue weighted by atomic mass is 16.7. The van der Waals surface area contributed by atoms with Gasteiger partial charge in [0.2, 0.25) is 5.78 Å². The largest absolute Gasteiger partial charge is 0.462 e. The van der Waals surface area contributed by atoms with Gasteiger partial charge in [0.1, 0.15) is 17.6 Å². The molecule has 0 saturated heterocycles. The van der Waals surface area contributed by atoms with Crippen molar-refractivity contribution in [3.8, 4) is 11.5 Å². The van der Waals surface area contributed by atoms with Gasteiger partial charge >= 0.3 is 17.7 Å². The van der Waals surface area contributed by atoms with Crippen molar-refractivity contribution in [1.82, 2.24) is 5.32 Å². The van der Waals surface area contributed by atoms with Gasteiger partial charge in [-0.05, 0) is 19.9 Å². The minimum absolute atomic E-state index is 0.0600. The molecule has 0 radical (unpaired) electrons. The van der Waals surface area contributed by atoms with Gasteiger partial charge in [0.05, 0.1) is 47.0 Å². The summed E-state index contributed by atoms with van der Waals surface area (Å²) in [6, 6.07) is 0. The van der Waals surface area contributed by atoms with Crippen LogP contribution in [0.2, 0.25) is 0 Å². The van der Waals surface area contributed by atoms with E-state index in [0.29, 0.717) is 0 Å². The number of aliphatic hydroxyl groups excluding tert-OH is 2. The predicted octanol–water partition coefficient (Wildman–Crippen LogP) is 3.85. The van der Waals surface area contributed by atoms with Crippen molar-refractivity contribution in [2.24, 2.45) is 23.7 Å². The van der Waals surface area contributed by atoms with Crippen molar-refractivity contribution in [3.05, 3.63) is 70.2 Å². The summed E-state index contributed by atoms with van der Waals surface area (Å²) in [5.41, 5.74) is -1.26. The number of allylic oxidation sites excluding steroid dienone is 4. The number of benzene rings is 1. The minimum atomic E-state index is -2.07. The summed E-state index contributed by atoms with van der Waals surface area (Å²) >= 11 is 0. The lowest BCUT2D eigenvalue weighted by atomic mass is 9.78. The Balaban J connectivity index is 1.88. The van der Waals surface area contributed by atoms with Gasteiger partial charge in [-0.1, -0.05) is 45.9 Å². The number of esters is 2. The van der Waals surface area contributed by atoms with Crippen LogP contribution in [0, 0.1) is 30.6 Å². The van der Waals surface area contributed by atoms with E-state index in [4.69, 9.17) is 23.7 Å². The van der Waals surface area contributed by atoms with Crippen molar-refractivity contribution in [2.75, 3.05) is 7.11 Å². The Hall–Kier alpha value is -4.92. The summed E-state index contributed by atoms with van der Waals surface area (Å²) in [5, 5.41) is 25.1. The molecule has 3 N–H and O–H groups in total. The molecule has 0 fully saturated rings. The number of ketones is 3. The number of hydrogen-bond acceptors (Lipinski definition) is 13. The van der Waals surface area contributed by atoms with Crippen LogP contribution in [0.25, 0.3) is 0 Å². The Kier molecular flexibility index (Phi) is 12.3. The summed E-state index contributed by atoms with van der Waals surface area (Å²) in [4.78, 5) is 79.4. The molecule has 1 amide bonds. The molecule has 14 heteroatoms. The summed E-state index contributed by atoms with van der Waals surface area (Å²) in [7, 11) is 1.41. The summed E-state index contributed by atoms with van der Waals surface area (Å²) < 4.78 is 28.7. The van der Waals surface area contributed by atoms with Crippen LogP contribution in [-0.2, 0) is 28.6 Å².